The molecule has 0 aromatic heterocycles. The van der Waals surface area contributed by atoms with E-state index in [-0.39, 0.29) is 0 Å². The van der Waals surface area contributed by atoms with E-state index >= 15 is 0 Å². The van der Waals surface area contributed by atoms with Gasteiger partial charge in [-0.05, 0) is 82.8 Å². The summed E-state index contributed by atoms with van der Waals surface area (Å²) in [4.78, 5) is 4.62. The third-order valence-corrected chi connectivity index (χ3v) is 3.15. The topological polar surface area (TPSA) is 12.4 Å². The SMILES string of the molecule is C=C(C)/C(=C\C(=C/C)C(=C(C)C)/C(C)=C\C(C)C)N=C(C)C. The molecule has 0 radical (unpaired) electrons. The maximum atomic E-state index is 4.62. The van der Waals surface area contributed by atoms with Crippen LogP contribution in [0.25, 0.3) is 0 Å². The zero-order valence-electron chi connectivity index (χ0n) is 16.0. The third kappa shape index (κ3) is 6.89. The standard InChI is InChI=1S/C21H33N/c1-11-19(13-20(15(4)5)22-17(8)9)21(16(6)7)18(10)12-14(2)3/h11-14H,4H2,1-3,5-10H3/b18-12-,19-11+,20-13+. The molecule has 0 unspecified atom stereocenters. The second kappa shape index (κ2) is 9.40. The third-order valence-electron chi connectivity index (χ3n) is 3.15. The highest BCUT2D eigenvalue weighted by Crippen LogP contribution is 2.27. The Balaban J connectivity index is 6.09. The lowest BCUT2D eigenvalue weighted by molar-refractivity contribution is 0.823. The molecule has 0 aromatic carbocycles. The molecule has 0 amide bonds. The minimum atomic E-state index is 0.535. The van der Waals surface area contributed by atoms with E-state index in [0.717, 1.165) is 17.0 Å². The Morgan fingerprint density at radius 1 is 1.00 bits per heavy atom. The molecule has 0 N–H and O–H groups in total. The number of hydrogen-bond acceptors (Lipinski definition) is 1. The minimum Gasteiger partial charge on any atom is -0.258 e. The van der Waals surface area contributed by atoms with Crippen LogP contribution in [0.5, 0.6) is 0 Å². The van der Waals surface area contributed by atoms with Crippen molar-refractivity contribution >= 4 is 5.71 Å². The number of aliphatic imine (C=N–C) groups is 1. The smallest absolute Gasteiger partial charge is 0.0658 e. The van der Waals surface area contributed by atoms with Crippen molar-refractivity contribution in [2.24, 2.45) is 10.9 Å². The highest BCUT2D eigenvalue weighted by Gasteiger charge is 2.09. The predicted octanol–water partition coefficient (Wildman–Crippen LogP) is 6.81. The van der Waals surface area contributed by atoms with Gasteiger partial charge in [-0.3, -0.25) is 4.99 Å². The van der Waals surface area contributed by atoms with Crippen LogP contribution in [-0.4, -0.2) is 5.71 Å². The molecule has 0 fully saturated rings. The average molecular weight is 300 g/mol. The normalized spacial score (nSPS) is 13.3. The van der Waals surface area contributed by atoms with Crippen molar-refractivity contribution in [2.75, 3.05) is 0 Å². The Kier molecular flexibility index (Phi) is 8.70. The van der Waals surface area contributed by atoms with E-state index in [1.54, 1.807) is 0 Å². The van der Waals surface area contributed by atoms with Crippen LogP contribution in [0.1, 0.15) is 62.3 Å². The summed E-state index contributed by atoms with van der Waals surface area (Å²) in [5.41, 5.74) is 8.12. The fraction of sp³-hybridized carbons (Fsp3) is 0.476. The molecule has 0 bridgehead atoms. The summed E-state index contributed by atoms with van der Waals surface area (Å²) in [6.07, 6.45) is 6.62. The average Bonchev–Trinajstić information content (AvgIpc) is 2.34. The highest BCUT2D eigenvalue weighted by atomic mass is 14.7. The van der Waals surface area contributed by atoms with Crippen LogP contribution < -0.4 is 0 Å². The second-order valence-electron chi connectivity index (χ2n) is 6.58. The number of allylic oxidation sites excluding steroid dienone is 8. The first-order valence-electron chi connectivity index (χ1n) is 8.02. The van der Waals surface area contributed by atoms with Crippen molar-refractivity contribution in [1.29, 1.82) is 0 Å². The van der Waals surface area contributed by atoms with Crippen LogP contribution in [-0.2, 0) is 0 Å². The molecular formula is C21H33N. The maximum Gasteiger partial charge on any atom is 0.0658 e. The van der Waals surface area contributed by atoms with Gasteiger partial charge in [0.1, 0.15) is 0 Å². The summed E-state index contributed by atoms with van der Waals surface area (Å²) in [5.74, 6) is 0.535. The molecule has 0 atom stereocenters. The van der Waals surface area contributed by atoms with Gasteiger partial charge in [0.2, 0.25) is 0 Å². The van der Waals surface area contributed by atoms with Gasteiger partial charge in [0.25, 0.3) is 0 Å². The zero-order chi connectivity index (χ0) is 17.4. The molecule has 122 valence electrons. The van der Waals surface area contributed by atoms with Crippen LogP contribution >= 0.6 is 0 Å². The first-order valence-corrected chi connectivity index (χ1v) is 8.02. The Morgan fingerprint density at radius 2 is 1.55 bits per heavy atom. The van der Waals surface area contributed by atoms with E-state index in [4.69, 9.17) is 0 Å². The lowest BCUT2D eigenvalue weighted by atomic mass is 9.91. The van der Waals surface area contributed by atoms with Gasteiger partial charge >= 0.3 is 0 Å². The van der Waals surface area contributed by atoms with Crippen molar-refractivity contribution in [1.82, 2.24) is 0 Å². The van der Waals surface area contributed by atoms with Gasteiger partial charge in [-0.15, -0.1) is 0 Å². The number of nitrogens with zero attached hydrogens (tertiary/aromatic N) is 1. The van der Waals surface area contributed by atoms with Crippen LogP contribution in [0.2, 0.25) is 0 Å². The van der Waals surface area contributed by atoms with Gasteiger partial charge in [-0.25, -0.2) is 0 Å². The summed E-state index contributed by atoms with van der Waals surface area (Å²) < 4.78 is 0. The molecule has 22 heavy (non-hydrogen) atoms. The quantitative estimate of drug-likeness (QED) is 0.377. The molecule has 0 aliphatic carbocycles. The monoisotopic (exact) mass is 299 g/mol. The Hall–Kier alpha value is -1.63. The first kappa shape index (κ1) is 20.4. The van der Waals surface area contributed by atoms with Gasteiger partial charge < -0.3 is 0 Å². The van der Waals surface area contributed by atoms with E-state index in [9.17, 15) is 0 Å². The molecule has 1 heteroatoms. The molecule has 0 aromatic rings. The molecule has 0 saturated heterocycles. The molecule has 0 spiro atoms. The van der Waals surface area contributed by atoms with Crippen LogP contribution in [0.15, 0.2) is 63.4 Å². The molecule has 0 rings (SSSR count). The minimum absolute atomic E-state index is 0.535. The molecule has 1 nitrogen and oxygen atoms in total. The van der Waals surface area contributed by atoms with E-state index in [0.29, 0.717) is 5.92 Å². The van der Waals surface area contributed by atoms with Gasteiger partial charge in [0.15, 0.2) is 0 Å². The summed E-state index contributed by atoms with van der Waals surface area (Å²) in [7, 11) is 0. The number of hydrogen-bond donors (Lipinski definition) is 0. The van der Waals surface area contributed by atoms with E-state index in [1.807, 2.05) is 20.8 Å². The highest BCUT2D eigenvalue weighted by molar-refractivity contribution is 5.80. The summed E-state index contributed by atoms with van der Waals surface area (Å²) in [6.45, 7) is 23.1. The van der Waals surface area contributed by atoms with Gasteiger partial charge in [0.05, 0.1) is 5.70 Å². The van der Waals surface area contributed by atoms with Crippen LogP contribution in [0, 0.1) is 5.92 Å². The van der Waals surface area contributed by atoms with Crippen molar-refractivity contribution in [3.63, 3.8) is 0 Å². The summed E-state index contributed by atoms with van der Waals surface area (Å²) in [5, 5.41) is 0. The Labute approximate surface area is 137 Å². The Bertz CT molecular complexity index is 553. The lowest BCUT2D eigenvalue weighted by Gasteiger charge is -2.15. The van der Waals surface area contributed by atoms with Crippen molar-refractivity contribution in [2.45, 2.75) is 62.3 Å². The van der Waals surface area contributed by atoms with Gasteiger partial charge in [-0.2, -0.15) is 0 Å². The van der Waals surface area contributed by atoms with Crippen molar-refractivity contribution in [3.05, 3.63) is 58.4 Å². The molecule has 0 aliphatic heterocycles. The van der Waals surface area contributed by atoms with Gasteiger partial charge in [-0.1, -0.05) is 38.2 Å². The van der Waals surface area contributed by atoms with Crippen molar-refractivity contribution < 1.29 is 0 Å². The molecule has 0 heterocycles. The second-order valence-corrected chi connectivity index (χ2v) is 6.58. The summed E-state index contributed by atoms with van der Waals surface area (Å²) >= 11 is 0. The zero-order valence-corrected chi connectivity index (χ0v) is 16.0. The lowest BCUT2D eigenvalue weighted by Crippen LogP contribution is -1.97. The molecule has 0 saturated carbocycles. The van der Waals surface area contributed by atoms with Crippen LogP contribution in [0.4, 0.5) is 0 Å². The Morgan fingerprint density at radius 3 is 1.86 bits per heavy atom. The first-order chi connectivity index (χ1) is 10.1. The van der Waals surface area contributed by atoms with Crippen molar-refractivity contribution in [3.8, 4) is 0 Å². The maximum absolute atomic E-state index is 4.62. The van der Waals surface area contributed by atoms with E-state index < -0.39 is 0 Å². The largest absolute Gasteiger partial charge is 0.258 e. The predicted molar refractivity (Wildman–Crippen MR) is 102 cm³/mol. The van der Waals surface area contributed by atoms with Crippen LogP contribution in [0.3, 0.4) is 0 Å². The fourth-order valence-corrected chi connectivity index (χ4v) is 2.43. The van der Waals surface area contributed by atoms with Gasteiger partial charge in [0, 0.05) is 5.71 Å². The number of rotatable bonds is 6. The summed E-state index contributed by atoms with van der Waals surface area (Å²) in [6, 6.07) is 0. The molecular weight excluding hydrogens is 266 g/mol. The van der Waals surface area contributed by atoms with E-state index in [1.165, 1.54) is 22.3 Å². The van der Waals surface area contributed by atoms with E-state index in [2.05, 4.69) is 71.3 Å². The molecule has 0 aliphatic rings. The fourth-order valence-electron chi connectivity index (χ4n) is 2.43.